The topological polar surface area (TPSA) is 37.8 Å². The van der Waals surface area contributed by atoms with Crippen molar-refractivity contribution in [3.63, 3.8) is 0 Å². The molecule has 2 aromatic rings. The molecule has 0 spiro atoms. The number of anilines is 1. The van der Waals surface area contributed by atoms with Crippen molar-refractivity contribution in [3.8, 4) is 0 Å². The Kier molecular flexibility index (Phi) is 4.38. The van der Waals surface area contributed by atoms with Crippen molar-refractivity contribution in [2.45, 2.75) is 26.8 Å². The second-order valence-corrected chi connectivity index (χ2v) is 5.35. The zero-order chi connectivity index (χ0) is 13.8. The van der Waals surface area contributed by atoms with Crippen molar-refractivity contribution in [1.29, 1.82) is 0 Å². The zero-order valence-corrected chi connectivity index (χ0v) is 12.1. The molecule has 0 aliphatic rings. The normalized spacial score (nSPS) is 12.5. The van der Waals surface area contributed by atoms with Crippen molar-refractivity contribution >= 4 is 17.4 Å². The number of nitrogens with one attached hydrogen (secondary N) is 1. The van der Waals surface area contributed by atoms with Crippen molar-refractivity contribution < 1.29 is 0 Å². The first-order chi connectivity index (χ1) is 9.09. The largest absolute Gasteiger partial charge is 0.362 e. The molecule has 1 aromatic carbocycles. The van der Waals surface area contributed by atoms with Crippen LogP contribution in [0.4, 0.5) is 5.82 Å². The second kappa shape index (κ2) is 6.02. The Morgan fingerprint density at radius 1 is 1.21 bits per heavy atom. The van der Waals surface area contributed by atoms with E-state index in [2.05, 4.69) is 54.3 Å². The van der Waals surface area contributed by atoms with E-state index in [1.54, 1.807) is 6.20 Å². The van der Waals surface area contributed by atoms with E-state index in [1.165, 1.54) is 17.5 Å². The molecule has 4 heteroatoms. The third-order valence-electron chi connectivity index (χ3n) is 3.15. The molecular weight excluding hydrogens is 258 g/mol. The number of rotatable bonds is 4. The van der Waals surface area contributed by atoms with Gasteiger partial charge in [0.15, 0.2) is 0 Å². The van der Waals surface area contributed by atoms with E-state index in [-0.39, 0.29) is 6.04 Å². The number of aryl methyl sites for hydroxylation is 1. The molecule has 3 nitrogen and oxygen atoms in total. The molecule has 1 heterocycles. The molecule has 0 aliphatic heterocycles. The Labute approximate surface area is 119 Å². The Balaban J connectivity index is 2.33. The summed E-state index contributed by atoms with van der Waals surface area (Å²) in [5.74, 6) is 1.10. The number of aromatic nitrogens is 2. The summed E-state index contributed by atoms with van der Waals surface area (Å²) in [6.45, 7) is 6.48. The van der Waals surface area contributed by atoms with Gasteiger partial charge in [0.1, 0.15) is 17.2 Å². The number of benzene rings is 1. The van der Waals surface area contributed by atoms with Crippen LogP contribution in [0.2, 0.25) is 5.02 Å². The molecule has 19 heavy (non-hydrogen) atoms. The number of halogens is 1. The van der Waals surface area contributed by atoms with Gasteiger partial charge in [-0.25, -0.2) is 9.97 Å². The van der Waals surface area contributed by atoms with Gasteiger partial charge in [-0.05, 0) is 24.0 Å². The molecule has 0 bridgehead atoms. The summed E-state index contributed by atoms with van der Waals surface area (Å²) in [6.07, 6.45) is 3.11. The highest BCUT2D eigenvalue weighted by Crippen LogP contribution is 2.30. The van der Waals surface area contributed by atoms with Gasteiger partial charge in [0.05, 0.1) is 12.2 Å². The van der Waals surface area contributed by atoms with Crippen LogP contribution in [-0.4, -0.2) is 9.97 Å². The molecule has 1 N–H and O–H groups in total. The van der Waals surface area contributed by atoms with E-state index in [0.717, 1.165) is 0 Å². The summed E-state index contributed by atoms with van der Waals surface area (Å²) in [5, 5.41) is 3.96. The predicted octanol–water partition coefficient (Wildman–Crippen LogP) is 4.25. The van der Waals surface area contributed by atoms with Crippen molar-refractivity contribution in [2.24, 2.45) is 5.92 Å². The molecule has 0 fully saturated rings. The second-order valence-electron chi connectivity index (χ2n) is 4.94. The van der Waals surface area contributed by atoms with Crippen LogP contribution in [0, 0.1) is 12.8 Å². The maximum atomic E-state index is 6.11. The lowest BCUT2D eigenvalue weighted by Crippen LogP contribution is -2.18. The summed E-state index contributed by atoms with van der Waals surface area (Å²) in [5.41, 5.74) is 2.53. The first-order valence-electron chi connectivity index (χ1n) is 6.37. The monoisotopic (exact) mass is 275 g/mol. The molecule has 2 rings (SSSR count). The molecule has 0 saturated carbocycles. The summed E-state index contributed by atoms with van der Waals surface area (Å²) < 4.78 is 0. The fourth-order valence-electron chi connectivity index (χ4n) is 2.11. The van der Waals surface area contributed by atoms with Gasteiger partial charge < -0.3 is 5.32 Å². The first-order valence-corrected chi connectivity index (χ1v) is 6.75. The average Bonchev–Trinajstić information content (AvgIpc) is 2.38. The quantitative estimate of drug-likeness (QED) is 0.906. The summed E-state index contributed by atoms with van der Waals surface area (Å²) in [7, 11) is 0. The Morgan fingerprint density at radius 2 is 1.95 bits per heavy atom. The predicted molar refractivity (Wildman–Crippen MR) is 79.4 cm³/mol. The Morgan fingerprint density at radius 3 is 2.58 bits per heavy atom. The molecule has 0 aliphatic carbocycles. The smallest absolute Gasteiger partial charge is 0.148 e. The van der Waals surface area contributed by atoms with E-state index in [0.29, 0.717) is 16.8 Å². The number of nitrogens with zero attached hydrogens (tertiary/aromatic N) is 2. The molecule has 100 valence electrons. The van der Waals surface area contributed by atoms with Crippen molar-refractivity contribution in [2.75, 3.05) is 5.32 Å². The minimum atomic E-state index is 0.175. The zero-order valence-electron chi connectivity index (χ0n) is 11.4. The summed E-state index contributed by atoms with van der Waals surface area (Å²) in [4.78, 5) is 8.11. The summed E-state index contributed by atoms with van der Waals surface area (Å²) >= 11 is 6.11. The van der Waals surface area contributed by atoms with E-state index in [1.807, 2.05) is 6.07 Å². The van der Waals surface area contributed by atoms with Crippen LogP contribution in [0.15, 0.2) is 36.8 Å². The van der Waals surface area contributed by atoms with Gasteiger partial charge in [-0.2, -0.15) is 0 Å². The fraction of sp³-hybridized carbons (Fsp3) is 0.333. The van der Waals surface area contributed by atoms with Gasteiger partial charge in [0.25, 0.3) is 0 Å². The highest BCUT2D eigenvalue weighted by Gasteiger charge is 2.18. The SMILES string of the molecule is Cc1ccccc1C(Nc1ncncc1Cl)C(C)C. The van der Waals surface area contributed by atoms with Crippen LogP contribution in [0.25, 0.3) is 0 Å². The lowest BCUT2D eigenvalue weighted by atomic mass is 9.92. The lowest BCUT2D eigenvalue weighted by Gasteiger charge is -2.25. The van der Waals surface area contributed by atoms with Gasteiger partial charge in [0.2, 0.25) is 0 Å². The average molecular weight is 276 g/mol. The third-order valence-corrected chi connectivity index (χ3v) is 3.43. The van der Waals surface area contributed by atoms with Crippen LogP contribution < -0.4 is 5.32 Å². The maximum Gasteiger partial charge on any atom is 0.148 e. The molecular formula is C15H18ClN3. The van der Waals surface area contributed by atoms with E-state index >= 15 is 0 Å². The third kappa shape index (κ3) is 3.24. The number of hydrogen-bond acceptors (Lipinski definition) is 3. The fourth-order valence-corrected chi connectivity index (χ4v) is 2.27. The van der Waals surface area contributed by atoms with E-state index in [9.17, 15) is 0 Å². The van der Waals surface area contributed by atoms with Crippen molar-refractivity contribution in [1.82, 2.24) is 9.97 Å². The highest BCUT2D eigenvalue weighted by atomic mass is 35.5. The first kappa shape index (κ1) is 13.8. The minimum absolute atomic E-state index is 0.175. The van der Waals surface area contributed by atoms with Gasteiger partial charge in [-0.3, -0.25) is 0 Å². The molecule has 0 amide bonds. The van der Waals surface area contributed by atoms with E-state index < -0.39 is 0 Å². The highest BCUT2D eigenvalue weighted by molar-refractivity contribution is 6.32. The van der Waals surface area contributed by atoms with Gasteiger partial charge in [-0.1, -0.05) is 49.7 Å². The van der Waals surface area contributed by atoms with E-state index in [4.69, 9.17) is 11.6 Å². The standard InChI is InChI=1S/C15H18ClN3/c1-10(2)14(12-7-5-4-6-11(12)3)19-15-13(16)8-17-9-18-15/h4-10,14H,1-3H3,(H,17,18,19). The molecule has 1 atom stereocenters. The van der Waals surface area contributed by atoms with Crippen LogP contribution in [0.3, 0.4) is 0 Å². The van der Waals surface area contributed by atoms with Crippen LogP contribution in [-0.2, 0) is 0 Å². The van der Waals surface area contributed by atoms with Crippen LogP contribution in [0.1, 0.15) is 31.0 Å². The van der Waals surface area contributed by atoms with Crippen LogP contribution in [0.5, 0.6) is 0 Å². The maximum absolute atomic E-state index is 6.11. The molecule has 1 unspecified atom stereocenters. The Bertz CT molecular complexity index is 555. The van der Waals surface area contributed by atoms with Gasteiger partial charge >= 0.3 is 0 Å². The number of hydrogen-bond donors (Lipinski definition) is 1. The molecule has 1 aromatic heterocycles. The molecule has 0 radical (unpaired) electrons. The minimum Gasteiger partial charge on any atom is -0.362 e. The summed E-state index contributed by atoms with van der Waals surface area (Å²) in [6, 6.07) is 8.54. The van der Waals surface area contributed by atoms with Gasteiger partial charge in [-0.15, -0.1) is 0 Å². The van der Waals surface area contributed by atoms with Crippen LogP contribution >= 0.6 is 11.6 Å². The molecule has 0 saturated heterocycles. The van der Waals surface area contributed by atoms with Gasteiger partial charge in [0, 0.05) is 0 Å². The van der Waals surface area contributed by atoms with Crippen molar-refractivity contribution in [3.05, 3.63) is 52.9 Å². The Hall–Kier alpha value is -1.61. The lowest BCUT2D eigenvalue weighted by molar-refractivity contribution is 0.542.